The third-order valence-corrected chi connectivity index (χ3v) is 1.90. The molecule has 0 aromatic heterocycles. The second-order valence-electron chi connectivity index (χ2n) is 3.15. The molecular weight excluding hydrogens is 188 g/mol. The Balaban J connectivity index is 2.70. The van der Waals surface area contributed by atoms with Crippen LogP contribution in [0.4, 0.5) is 8.78 Å². The first-order valence-corrected chi connectivity index (χ1v) is 4.40. The molecule has 0 amide bonds. The number of benzene rings is 1. The Bertz CT molecular complexity index is 304. The van der Waals surface area contributed by atoms with Crippen LogP contribution >= 0.6 is 0 Å². The van der Waals surface area contributed by atoms with Gasteiger partial charge in [0.2, 0.25) is 0 Å². The highest BCUT2D eigenvalue weighted by molar-refractivity contribution is 5.19. The predicted octanol–water partition coefficient (Wildman–Crippen LogP) is 1.09. The van der Waals surface area contributed by atoms with Crippen molar-refractivity contribution in [1.82, 2.24) is 5.32 Å². The third-order valence-electron chi connectivity index (χ3n) is 1.90. The van der Waals surface area contributed by atoms with E-state index in [0.29, 0.717) is 6.54 Å². The van der Waals surface area contributed by atoms with Gasteiger partial charge in [-0.2, -0.15) is 0 Å². The van der Waals surface area contributed by atoms with Crippen molar-refractivity contribution in [3.8, 4) is 0 Å². The zero-order valence-corrected chi connectivity index (χ0v) is 7.93. The van der Waals surface area contributed by atoms with Crippen LogP contribution in [-0.2, 0) is 6.42 Å². The Morgan fingerprint density at radius 2 is 2.14 bits per heavy atom. The Hall–Kier alpha value is -1.00. The van der Waals surface area contributed by atoms with E-state index in [1.54, 1.807) is 7.05 Å². The molecule has 1 rings (SSSR count). The van der Waals surface area contributed by atoms with Gasteiger partial charge in [0.05, 0.1) is 6.10 Å². The number of hydrogen-bond acceptors (Lipinski definition) is 2. The topological polar surface area (TPSA) is 32.3 Å². The summed E-state index contributed by atoms with van der Waals surface area (Å²) < 4.78 is 25.8. The van der Waals surface area contributed by atoms with Crippen LogP contribution in [0.3, 0.4) is 0 Å². The molecule has 1 aromatic carbocycles. The van der Waals surface area contributed by atoms with E-state index >= 15 is 0 Å². The van der Waals surface area contributed by atoms with Gasteiger partial charge in [-0.25, -0.2) is 8.78 Å². The average Bonchev–Trinajstić information content (AvgIpc) is 2.12. The monoisotopic (exact) mass is 201 g/mol. The van der Waals surface area contributed by atoms with E-state index < -0.39 is 17.7 Å². The normalized spacial score (nSPS) is 12.9. The minimum Gasteiger partial charge on any atom is -0.391 e. The molecule has 0 saturated heterocycles. The summed E-state index contributed by atoms with van der Waals surface area (Å²) in [6, 6.07) is 3.23. The molecule has 0 aliphatic rings. The molecule has 0 radical (unpaired) electrons. The summed E-state index contributed by atoms with van der Waals surface area (Å²) in [4.78, 5) is 0. The van der Waals surface area contributed by atoms with E-state index in [1.807, 2.05) is 0 Å². The van der Waals surface area contributed by atoms with Crippen molar-refractivity contribution in [2.45, 2.75) is 12.5 Å². The number of nitrogens with one attached hydrogen (secondary N) is 1. The molecule has 0 aliphatic heterocycles. The molecule has 78 valence electrons. The zero-order valence-electron chi connectivity index (χ0n) is 7.93. The van der Waals surface area contributed by atoms with Gasteiger partial charge < -0.3 is 10.4 Å². The van der Waals surface area contributed by atoms with Crippen LogP contribution in [0.1, 0.15) is 5.56 Å². The summed E-state index contributed by atoms with van der Waals surface area (Å²) in [5.74, 6) is -0.973. The minimum atomic E-state index is -0.698. The van der Waals surface area contributed by atoms with Crippen molar-refractivity contribution in [1.29, 1.82) is 0 Å². The largest absolute Gasteiger partial charge is 0.391 e. The van der Waals surface area contributed by atoms with Gasteiger partial charge in [0.1, 0.15) is 11.6 Å². The third kappa shape index (κ3) is 3.05. The molecule has 0 aliphatic carbocycles. The molecule has 0 saturated carbocycles. The fraction of sp³-hybridized carbons (Fsp3) is 0.400. The Morgan fingerprint density at radius 1 is 1.43 bits per heavy atom. The van der Waals surface area contributed by atoms with Crippen LogP contribution < -0.4 is 5.32 Å². The van der Waals surface area contributed by atoms with E-state index in [4.69, 9.17) is 0 Å². The standard InChI is InChI=1S/C10H13F2NO/c1-13-6-9(14)5-7-4-8(11)2-3-10(7)12/h2-4,9,13-14H,5-6H2,1H3. The summed E-state index contributed by atoms with van der Waals surface area (Å²) in [7, 11) is 1.69. The van der Waals surface area contributed by atoms with E-state index in [1.165, 1.54) is 0 Å². The van der Waals surface area contributed by atoms with Crippen LogP contribution in [0, 0.1) is 11.6 Å². The molecular formula is C10H13F2NO. The molecule has 2 N–H and O–H groups in total. The fourth-order valence-corrected chi connectivity index (χ4v) is 1.26. The van der Waals surface area contributed by atoms with Crippen LogP contribution in [-0.4, -0.2) is 24.8 Å². The van der Waals surface area contributed by atoms with Crippen molar-refractivity contribution < 1.29 is 13.9 Å². The molecule has 1 atom stereocenters. The van der Waals surface area contributed by atoms with Crippen molar-refractivity contribution >= 4 is 0 Å². The molecule has 2 nitrogen and oxygen atoms in total. The highest BCUT2D eigenvalue weighted by Gasteiger charge is 2.09. The van der Waals surface area contributed by atoms with Crippen LogP contribution in [0.2, 0.25) is 0 Å². The molecule has 1 aromatic rings. The SMILES string of the molecule is CNCC(O)Cc1cc(F)ccc1F. The molecule has 0 bridgehead atoms. The number of hydrogen-bond donors (Lipinski definition) is 2. The maximum absolute atomic E-state index is 13.1. The second kappa shape index (κ2) is 5.02. The maximum atomic E-state index is 13.1. The number of halogens is 2. The average molecular weight is 201 g/mol. The number of likely N-dealkylation sites (N-methyl/N-ethyl adjacent to an activating group) is 1. The van der Waals surface area contributed by atoms with E-state index in [2.05, 4.69) is 5.32 Å². The minimum absolute atomic E-state index is 0.116. The van der Waals surface area contributed by atoms with Crippen LogP contribution in [0.5, 0.6) is 0 Å². The lowest BCUT2D eigenvalue weighted by molar-refractivity contribution is 0.173. The van der Waals surface area contributed by atoms with Gasteiger partial charge in [0.25, 0.3) is 0 Å². The van der Waals surface area contributed by atoms with Crippen LogP contribution in [0.15, 0.2) is 18.2 Å². The Morgan fingerprint density at radius 3 is 2.79 bits per heavy atom. The Kier molecular flexibility index (Phi) is 3.98. The van der Waals surface area contributed by atoms with Crippen LogP contribution in [0.25, 0.3) is 0 Å². The quantitative estimate of drug-likeness (QED) is 0.764. The van der Waals surface area contributed by atoms with Gasteiger partial charge >= 0.3 is 0 Å². The lowest BCUT2D eigenvalue weighted by atomic mass is 10.1. The molecule has 4 heteroatoms. The highest BCUT2D eigenvalue weighted by Crippen LogP contribution is 2.11. The summed E-state index contributed by atoms with van der Waals surface area (Å²) in [5.41, 5.74) is 0.202. The molecule has 0 fully saturated rings. The van der Waals surface area contributed by atoms with Crippen molar-refractivity contribution in [3.63, 3.8) is 0 Å². The molecule has 0 spiro atoms. The van der Waals surface area contributed by atoms with Gasteiger partial charge in [-0.3, -0.25) is 0 Å². The van der Waals surface area contributed by atoms with E-state index in [-0.39, 0.29) is 12.0 Å². The van der Waals surface area contributed by atoms with Gasteiger partial charge in [0, 0.05) is 13.0 Å². The van der Waals surface area contributed by atoms with Gasteiger partial charge in [-0.05, 0) is 30.8 Å². The van der Waals surface area contributed by atoms with E-state index in [9.17, 15) is 13.9 Å². The van der Waals surface area contributed by atoms with Gasteiger partial charge in [-0.1, -0.05) is 0 Å². The van der Waals surface area contributed by atoms with Crippen molar-refractivity contribution in [2.24, 2.45) is 0 Å². The molecule has 0 heterocycles. The Labute approximate surface area is 81.6 Å². The fourth-order valence-electron chi connectivity index (χ4n) is 1.26. The summed E-state index contributed by atoms with van der Waals surface area (Å²) in [5, 5.41) is 12.1. The summed E-state index contributed by atoms with van der Waals surface area (Å²) in [6.45, 7) is 0.357. The second-order valence-corrected chi connectivity index (χ2v) is 3.15. The molecule has 1 unspecified atom stereocenters. The van der Waals surface area contributed by atoms with Gasteiger partial charge in [-0.15, -0.1) is 0 Å². The first-order chi connectivity index (χ1) is 6.63. The van der Waals surface area contributed by atoms with E-state index in [0.717, 1.165) is 18.2 Å². The van der Waals surface area contributed by atoms with Crippen molar-refractivity contribution in [2.75, 3.05) is 13.6 Å². The lowest BCUT2D eigenvalue weighted by Crippen LogP contribution is -2.25. The first-order valence-electron chi connectivity index (χ1n) is 4.40. The molecule has 14 heavy (non-hydrogen) atoms. The summed E-state index contributed by atoms with van der Waals surface area (Å²) in [6.07, 6.45) is -0.582. The lowest BCUT2D eigenvalue weighted by Gasteiger charge is -2.10. The zero-order chi connectivity index (χ0) is 10.6. The number of aliphatic hydroxyl groups is 1. The van der Waals surface area contributed by atoms with Crippen molar-refractivity contribution in [3.05, 3.63) is 35.4 Å². The number of rotatable bonds is 4. The maximum Gasteiger partial charge on any atom is 0.126 e. The smallest absolute Gasteiger partial charge is 0.126 e. The van der Waals surface area contributed by atoms with Gasteiger partial charge in [0.15, 0.2) is 0 Å². The predicted molar refractivity (Wildman–Crippen MR) is 50.0 cm³/mol. The first kappa shape index (κ1) is 11.1. The highest BCUT2D eigenvalue weighted by atomic mass is 19.1. The summed E-state index contributed by atoms with van der Waals surface area (Å²) >= 11 is 0. The number of aliphatic hydroxyl groups excluding tert-OH is 1.